The Balaban J connectivity index is 1.67. The minimum Gasteiger partial charge on any atom is -0.472 e. The van der Waals surface area contributed by atoms with Gasteiger partial charge in [0.1, 0.15) is 6.26 Å². The van der Waals surface area contributed by atoms with Gasteiger partial charge in [0.05, 0.1) is 11.8 Å². The Bertz CT molecular complexity index is 597. The van der Waals surface area contributed by atoms with Crippen molar-refractivity contribution in [3.8, 4) is 0 Å². The molecule has 1 aromatic heterocycles. The summed E-state index contributed by atoms with van der Waals surface area (Å²) >= 11 is 0. The number of benzene rings is 1. The molecule has 1 saturated carbocycles. The summed E-state index contributed by atoms with van der Waals surface area (Å²) in [6.45, 7) is 0. The molecule has 0 saturated heterocycles. The van der Waals surface area contributed by atoms with Crippen molar-refractivity contribution in [2.45, 2.75) is 18.8 Å². The van der Waals surface area contributed by atoms with Gasteiger partial charge >= 0.3 is 0 Å². The molecule has 1 fully saturated rings. The third-order valence-electron chi connectivity index (χ3n) is 4.44. The van der Waals surface area contributed by atoms with Gasteiger partial charge in [0.25, 0.3) is 0 Å². The smallest absolute Gasteiger partial charge is 0.170 e. The molecule has 90 valence electrons. The van der Waals surface area contributed by atoms with Crippen LogP contribution in [-0.4, -0.2) is 5.78 Å². The van der Waals surface area contributed by atoms with Gasteiger partial charge in [-0.05, 0) is 41.9 Å². The lowest BCUT2D eigenvalue weighted by Crippen LogP contribution is -2.02. The molecule has 0 radical (unpaired) electrons. The van der Waals surface area contributed by atoms with E-state index in [2.05, 4.69) is 24.3 Å². The van der Waals surface area contributed by atoms with E-state index in [-0.39, 0.29) is 11.7 Å². The second kappa shape index (κ2) is 3.58. The van der Waals surface area contributed by atoms with Crippen molar-refractivity contribution in [1.29, 1.82) is 0 Å². The van der Waals surface area contributed by atoms with Crippen LogP contribution in [0.2, 0.25) is 0 Å². The zero-order chi connectivity index (χ0) is 12.1. The van der Waals surface area contributed by atoms with Crippen LogP contribution < -0.4 is 0 Å². The maximum absolute atomic E-state index is 12.4. The van der Waals surface area contributed by atoms with Crippen LogP contribution in [0.25, 0.3) is 0 Å². The Labute approximate surface area is 106 Å². The van der Waals surface area contributed by atoms with E-state index >= 15 is 0 Å². The maximum atomic E-state index is 12.4. The van der Waals surface area contributed by atoms with E-state index in [9.17, 15) is 4.79 Å². The van der Waals surface area contributed by atoms with Crippen LogP contribution in [0, 0.1) is 11.8 Å². The monoisotopic (exact) mass is 238 g/mol. The van der Waals surface area contributed by atoms with Gasteiger partial charge in [0.2, 0.25) is 0 Å². The van der Waals surface area contributed by atoms with Gasteiger partial charge in [-0.1, -0.05) is 24.3 Å². The SMILES string of the molecule is O=C(c1ccoc1)C1C2CCc3ccccc3C21. The van der Waals surface area contributed by atoms with Gasteiger partial charge in [-0.3, -0.25) is 4.79 Å². The molecule has 2 nitrogen and oxygen atoms in total. The molecule has 3 atom stereocenters. The average Bonchev–Trinajstić information content (AvgIpc) is 2.89. The number of furan rings is 1. The van der Waals surface area contributed by atoms with Crippen LogP contribution in [0.15, 0.2) is 47.3 Å². The van der Waals surface area contributed by atoms with Crippen molar-refractivity contribution in [1.82, 2.24) is 0 Å². The number of fused-ring (bicyclic) bond motifs is 3. The molecule has 0 N–H and O–H groups in total. The lowest BCUT2D eigenvalue weighted by molar-refractivity contribution is 0.0958. The summed E-state index contributed by atoms with van der Waals surface area (Å²) in [6.07, 6.45) is 5.41. The quantitative estimate of drug-likeness (QED) is 0.750. The first-order chi connectivity index (χ1) is 8.86. The number of Topliss-reactive ketones (excluding diaryl/α,β-unsaturated/α-hetero) is 1. The fourth-order valence-corrected chi connectivity index (χ4v) is 3.52. The number of carbonyl (C=O) groups is 1. The van der Waals surface area contributed by atoms with Crippen molar-refractivity contribution in [3.63, 3.8) is 0 Å². The highest BCUT2D eigenvalue weighted by Crippen LogP contribution is 2.60. The van der Waals surface area contributed by atoms with Crippen molar-refractivity contribution >= 4 is 5.78 Å². The Morgan fingerprint density at radius 2 is 2.11 bits per heavy atom. The summed E-state index contributed by atoms with van der Waals surface area (Å²) in [6, 6.07) is 10.3. The lowest BCUT2D eigenvalue weighted by Gasteiger charge is -2.13. The molecule has 1 aromatic carbocycles. The van der Waals surface area contributed by atoms with Crippen LogP contribution in [0.1, 0.15) is 33.8 Å². The topological polar surface area (TPSA) is 30.2 Å². The van der Waals surface area contributed by atoms with Crippen LogP contribution in [0.4, 0.5) is 0 Å². The van der Waals surface area contributed by atoms with Crippen molar-refractivity contribution in [3.05, 3.63) is 59.5 Å². The summed E-state index contributed by atoms with van der Waals surface area (Å²) < 4.78 is 5.02. The molecular weight excluding hydrogens is 224 g/mol. The fraction of sp³-hybridized carbons (Fsp3) is 0.312. The van der Waals surface area contributed by atoms with E-state index in [0.717, 1.165) is 18.4 Å². The molecule has 0 bridgehead atoms. The fourth-order valence-electron chi connectivity index (χ4n) is 3.52. The first kappa shape index (κ1) is 10.1. The minimum absolute atomic E-state index is 0.186. The second-order valence-corrected chi connectivity index (χ2v) is 5.33. The number of rotatable bonds is 2. The highest BCUT2D eigenvalue weighted by molar-refractivity contribution is 6.00. The Kier molecular flexibility index (Phi) is 2.01. The zero-order valence-electron chi connectivity index (χ0n) is 10.0. The van der Waals surface area contributed by atoms with Crippen LogP contribution >= 0.6 is 0 Å². The van der Waals surface area contributed by atoms with E-state index in [1.807, 2.05) is 0 Å². The molecular formula is C16H14O2. The molecule has 0 amide bonds. The Morgan fingerprint density at radius 3 is 2.94 bits per heavy atom. The van der Waals surface area contributed by atoms with Crippen molar-refractivity contribution < 1.29 is 9.21 Å². The van der Waals surface area contributed by atoms with Crippen molar-refractivity contribution in [2.75, 3.05) is 0 Å². The standard InChI is InChI=1S/C16H14O2/c17-16(11-7-8-18-9-11)15-13-6-5-10-3-1-2-4-12(10)14(13)15/h1-4,7-9,13-15H,5-6H2. The van der Waals surface area contributed by atoms with Crippen LogP contribution in [-0.2, 0) is 6.42 Å². The van der Waals surface area contributed by atoms with Crippen LogP contribution in [0.3, 0.4) is 0 Å². The normalized spacial score (nSPS) is 28.3. The van der Waals surface area contributed by atoms with Gasteiger partial charge in [0, 0.05) is 5.92 Å². The molecule has 0 spiro atoms. The highest BCUT2D eigenvalue weighted by atomic mass is 16.3. The Hall–Kier alpha value is -1.83. The Morgan fingerprint density at radius 1 is 1.22 bits per heavy atom. The molecule has 2 aliphatic carbocycles. The first-order valence-corrected chi connectivity index (χ1v) is 6.50. The van der Waals surface area contributed by atoms with E-state index in [1.165, 1.54) is 11.1 Å². The van der Waals surface area contributed by atoms with Gasteiger partial charge in [-0.2, -0.15) is 0 Å². The molecule has 2 aliphatic rings. The highest BCUT2D eigenvalue weighted by Gasteiger charge is 2.56. The predicted molar refractivity (Wildman–Crippen MR) is 67.5 cm³/mol. The minimum atomic E-state index is 0.186. The summed E-state index contributed by atoms with van der Waals surface area (Å²) in [4.78, 5) is 12.4. The van der Waals surface area contributed by atoms with Gasteiger partial charge in [0.15, 0.2) is 5.78 Å². The number of aryl methyl sites for hydroxylation is 1. The molecule has 2 heteroatoms. The maximum Gasteiger partial charge on any atom is 0.170 e. The van der Waals surface area contributed by atoms with Gasteiger partial charge in [-0.15, -0.1) is 0 Å². The molecule has 2 aromatic rings. The number of hydrogen-bond donors (Lipinski definition) is 0. The number of carbonyl (C=O) groups excluding carboxylic acids is 1. The zero-order valence-corrected chi connectivity index (χ0v) is 10.0. The summed E-state index contributed by atoms with van der Waals surface area (Å²) in [5, 5.41) is 0. The summed E-state index contributed by atoms with van der Waals surface area (Å²) in [5.41, 5.74) is 3.56. The van der Waals surface area contributed by atoms with E-state index in [1.54, 1.807) is 18.6 Å². The average molecular weight is 238 g/mol. The van der Waals surface area contributed by atoms with E-state index in [0.29, 0.717) is 11.8 Å². The third-order valence-corrected chi connectivity index (χ3v) is 4.44. The molecule has 0 aliphatic heterocycles. The largest absolute Gasteiger partial charge is 0.472 e. The molecule has 4 rings (SSSR count). The number of hydrogen-bond acceptors (Lipinski definition) is 2. The third kappa shape index (κ3) is 1.32. The first-order valence-electron chi connectivity index (χ1n) is 6.50. The van der Waals surface area contributed by atoms with Crippen LogP contribution in [0.5, 0.6) is 0 Å². The predicted octanol–water partition coefficient (Wildman–Crippen LogP) is 3.44. The molecule has 1 heterocycles. The van der Waals surface area contributed by atoms with Crippen molar-refractivity contribution in [2.24, 2.45) is 11.8 Å². The van der Waals surface area contributed by atoms with E-state index in [4.69, 9.17) is 4.42 Å². The number of ketones is 1. The summed E-state index contributed by atoms with van der Waals surface area (Å²) in [5.74, 6) is 1.46. The summed E-state index contributed by atoms with van der Waals surface area (Å²) in [7, 11) is 0. The van der Waals surface area contributed by atoms with Gasteiger partial charge < -0.3 is 4.42 Å². The van der Waals surface area contributed by atoms with Gasteiger partial charge in [-0.25, -0.2) is 0 Å². The second-order valence-electron chi connectivity index (χ2n) is 5.33. The van der Waals surface area contributed by atoms with E-state index < -0.39 is 0 Å². The lowest BCUT2D eigenvalue weighted by atomic mass is 9.92. The molecule has 18 heavy (non-hydrogen) atoms. The molecule has 3 unspecified atom stereocenters.